The number of carbonyl (C=O) groups excluding carboxylic acids is 1. The summed E-state index contributed by atoms with van der Waals surface area (Å²) in [4.78, 5) is 24.8. The molecule has 1 amide bonds. The molecule has 6 nitrogen and oxygen atoms in total. The van der Waals surface area contributed by atoms with Crippen molar-refractivity contribution in [1.82, 2.24) is 14.9 Å². The summed E-state index contributed by atoms with van der Waals surface area (Å²) in [5, 5.41) is 0.532. The number of piperazine rings is 1. The second kappa shape index (κ2) is 8.36. The third-order valence-electron chi connectivity index (χ3n) is 4.41. The van der Waals surface area contributed by atoms with E-state index >= 15 is 0 Å². The van der Waals surface area contributed by atoms with E-state index in [-0.39, 0.29) is 11.9 Å². The molecule has 7 heteroatoms. The number of rotatable bonds is 5. The normalized spacial score (nSPS) is 17.3. The second-order valence-corrected chi connectivity index (χ2v) is 6.79. The van der Waals surface area contributed by atoms with Gasteiger partial charge < -0.3 is 14.5 Å². The summed E-state index contributed by atoms with van der Waals surface area (Å²) in [7, 11) is 0. The summed E-state index contributed by atoms with van der Waals surface area (Å²) in [6.45, 7) is 6.27. The first-order valence-electron chi connectivity index (χ1n) is 8.87. The van der Waals surface area contributed by atoms with Gasteiger partial charge in [-0.2, -0.15) is 0 Å². The summed E-state index contributed by atoms with van der Waals surface area (Å²) in [5.41, 5.74) is 0. The SMILES string of the molecule is CCCC(=O)N1CCN(c2cc(Oc3ccccc3Cl)ncn2)C[C@@H]1C. The van der Waals surface area contributed by atoms with Crippen LogP contribution in [0.15, 0.2) is 36.7 Å². The molecule has 0 spiro atoms. The van der Waals surface area contributed by atoms with Crippen molar-refractivity contribution in [3.8, 4) is 11.6 Å². The Bertz CT molecular complexity index is 771. The summed E-state index contributed by atoms with van der Waals surface area (Å²) in [6.07, 6.45) is 2.97. The van der Waals surface area contributed by atoms with Crippen LogP contribution in [0, 0.1) is 0 Å². The van der Waals surface area contributed by atoms with Gasteiger partial charge in [0.25, 0.3) is 0 Å². The first-order chi connectivity index (χ1) is 12.6. The summed E-state index contributed by atoms with van der Waals surface area (Å²) < 4.78 is 5.78. The van der Waals surface area contributed by atoms with Gasteiger partial charge in [-0.1, -0.05) is 30.7 Å². The van der Waals surface area contributed by atoms with Crippen molar-refractivity contribution in [3.05, 3.63) is 41.7 Å². The van der Waals surface area contributed by atoms with Crippen LogP contribution in [0.25, 0.3) is 0 Å². The summed E-state index contributed by atoms with van der Waals surface area (Å²) >= 11 is 6.14. The highest BCUT2D eigenvalue weighted by Gasteiger charge is 2.27. The molecule has 1 aliphatic heterocycles. The molecule has 1 aromatic heterocycles. The molecule has 2 heterocycles. The highest BCUT2D eigenvalue weighted by Crippen LogP contribution is 2.29. The second-order valence-electron chi connectivity index (χ2n) is 6.38. The fourth-order valence-electron chi connectivity index (χ4n) is 3.09. The van der Waals surface area contributed by atoms with Crippen molar-refractivity contribution in [3.63, 3.8) is 0 Å². The molecule has 0 unspecified atom stereocenters. The van der Waals surface area contributed by atoms with E-state index in [1.165, 1.54) is 6.33 Å². The van der Waals surface area contributed by atoms with Gasteiger partial charge in [0, 0.05) is 38.2 Å². The number of benzene rings is 1. The van der Waals surface area contributed by atoms with Gasteiger partial charge in [0.2, 0.25) is 11.8 Å². The molecule has 1 aromatic carbocycles. The fourth-order valence-corrected chi connectivity index (χ4v) is 3.27. The van der Waals surface area contributed by atoms with Crippen molar-refractivity contribution in [2.75, 3.05) is 24.5 Å². The van der Waals surface area contributed by atoms with E-state index in [2.05, 4.69) is 21.8 Å². The van der Waals surface area contributed by atoms with E-state index in [1.807, 2.05) is 24.0 Å². The van der Waals surface area contributed by atoms with E-state index in [0.717, 1.165) is 25.3 Å². The standard InChI is InChI=1S/C19H23ClN4O2/c1-3-6-19(25)24-10-9-23(12-14(24)2)17-11-18(22-13-21-17)26-16-8-5-4-7-15(16)20/h4-5,7-8,11,13-14H,3,6,9-10,12H2,1-2H3/t14-/m0/s1. The van der Waals surface area contributed by atoms with Crippen molar-refractivity contribution in [2.24, 2.45) is 0 Å². The van der Waals surface area contributed by atoms with Gasteiger partial charge >= 0.3 is 0 Å². The van der Waals surface area contributed by atoms with Gasteiger partial charge in [-0.3, -0.25) is 4.79 Å². The third kappa shape index (κ3) is 4.25. The summed E-state index contributed by atoms with van der Waals surface area (Å²) in [6, 6.07) is 9.22. The maximum Gasteiger partial charge on any atom is 0.224 e. The number of para-hydroxylation sites is 1. The van der Waals surface area contributed by atoms with Crippen LogP contribution < -0.4 is 9.64 Å². The molecule has 1 aliphatic rings. The number of aromatic nitrogens is 2. The molecule has 3 rings (SSSR count). The minimum atomic E-state index is 0.144. The minimum absolute atomic E-state index is 0.144. The predicted molar refractivity (Wildman–Crippen MR) is 102 cm³/mol. The third-order valence-corrected chi connectivity index (χ3v) is 4.73. The quantitative estimate of drug-likeness (QED) is 0.797. The van der Waals surface area contributed by atoms with Crippen molar-refractivity contribution >= 4 is 23.3 Å². The number of hydrogen-bond acceptors (Lipinski definition) is 5. The number of hydrogen-bond donors (Lipinski definition) is 0. The van der Waals surface area contributed by atoms with Gasteiger partial charge in [-0.15, -0.1) is 0 Å². The zero-order valence-electron chi connectivity index (χ0n) is 15.1. The van der Waals surface area contributed by atoms with Gasteiger partial charge in [0.15, 0.2) is 0 Å². The average Bonchev–Trinajstić information content (AvgIpc) is 2.64. The van der Waals surface area contributed by atoms with Crippen LogP contribution in [-0.2, 0) is 4.79 Å². The Balaban J connectivity index is 1.69. The average molecular weight is 375 g/mol. The number of nitrogens with zero attached hydrogens (tertiary/aromatic N) is 4. The van der Waals surface area contributed by atoms with Gasteiger partial charge in [0.05, 0.1) is 5.02 Å². The van der Waals surface area contributed by atoms with Crippen LogP contribution >= 0.6 is 11.6 Å². The highest BCUT2D eigenvalue weighted by molar-refractivity contribution is 6.32. The van der Waals surface area contributed by atoms with Crippen LogP contribution in [0.2, 0.25) is 5.02 Å². The Morgan fingerprint density at radius 3 is 2.85 bits per heavy atom. The maximum absolute atomic E-state index is 12.2. The maximum atomic E-state index is 12.2. The Morgan fingerprint density at radius 2 is 2.12 bits per heavy atom. The molecule has 0 N–H and O–H groups in total. The largest absolute Gasteiger partial charge is 0.437 e. The van der Waals surface area contributed by atoms with E-state index < -0.39 is 0 Å². The Hall–Kier alpha value is -2.34. The predicted octanol–water partition coefficient (Wildman–Crippen LogP) is 3.76. The monoisotopic (exact) mass is 374 g/mol. The highest BCUT2D eigenvalue weighted by atomic mass is 35.5. The van der Waals surface area contributed by atoms with E-state index in [1.54, 1.807) is 18.2 Å². The molecule has 1 saturated heterocycles. The summed E-state index contributed by atoms with van der Waals surface area (Å²) in [5.74, 6) is 2.02. The van der Waals surface area contributed by atoms with Crippen LogP contribution in [0.3, 0.4) is 0 Å². The van der Waals surface area contributed by atoms with Gasteiger partial charge in [-0.25, -0.2) is 9.97 Å². The Morgan fingerprint density at radius 1 is 1.31 bits per heavy atom. The van der Waals surface area contributed by atoms with Crippen LogP contribution in [0.4, 0.5) is 5.82 Å². The zero-order chi connectivity index (χ0) is 18.5. The molecular formula is C19H23ClN4O2. The first kappa shape index (κ1) is 18.5. The molecule has 0 radical (unpaired) electrons. The lowest BCUT2D eigenvalue weighted by Crippen LogP contribution is -2.54. The van der Waals surface area contributed by atoms with E-state index in [9.17, 15) is 4.79 Å². The number of amides is 1. The number of anilines is 1. The van der Waals surface area contributed by atoms with Crippen LogP contribution in [0.5, 0.6) is 11.6 Å². The number of halogens is 1. The first-order valence-corrected chi connectivity index (χ1v) is 9.25. The van der Waals surface area contributed by atoms with E-state index in [0.29, 0.717) is 29.6 Å². The molecular weight excluding hydrogens is 352 g/mol. The Kier molecular flexibility index (Phi) is 5.93. The van der Waals surface area contributed by atoms with Crippen LogP contribution in [0.1, 0.15) is 26.7 Å². The van der Waals surface area contributed by atoms with Crippen molar-refractivity contribution in [1.29, 1.82) is 0 Å². The molecule has 1 atom stereocenters. The lowest BCUT2D eigenvalue weighted by molar-refractivity contribution is -0.133. The van der Waals surface area contributed by atoms with Gasteiger partial charge in [0.1, 0.15) is 17.9 Å². The zero-order valence-corrected chi connectivity index (χ0v) is 15.8. The van der Waals surface area contributed by atoms with E-state index in [4.69, 9.17) is 16.3 Å². The topological polar surface area (TPSA) is 58.6 Å². The smallest absolute Gasteiger partial charge is 0.224 e. The molecule has 0 saturated carbocycles. The molecule has 138 valence electrons. The van der Waals surface area contributed by atoms with Crippen molar-refractivity contribution < 1.29 is 9.53 Å². The minimum Gasteiger partial charge on any atom is -0.437 e. The molecule has 2 aromatic rings. The van der Waals surface area contributed by atoms with Gasteiger partial charge in [-0.05, 0) is 25.5 Å². The lowest BCUT2D eigenvalue weighted by atomic mass is 10.1. The molecule has 1 fully saturated rings. The Labute approximate surface area is 158 Å². The van der Waals surface area contributed by atoms with Crippen LogP contribution in [-0.4, -0.2) is 46.5 Å². The molecule has 26 heavy (non-hydrogen) atoms. The molecule has 0 bridgehead atoms. The number of carbonyl (C=O) groups is 1. The molecule has 0 aliphatic carbocycles. The van der Waals surface area contributed by atoms with Crippen molar-refractivity contribution in [2.45, 2.75) is 32.7 Å². The lowest BCUT2D eigenvalue weighted by Gasteiger charge is -2.40. The number of ether oxygens (including phenoxy) is 1. The fraction of sp³-hybridized carbons (Fsp3) is 0.421.